The van der Waals surface area contributed by atoms with Crippen LogP contribution in [0, 0.1) is 0 Å². The molecule has 0 nitrogen and oxygen atoms in total. The molecule has 0 aromatic carbocycles. The molecule has 24 heavy (non-hydrogen) atoms. The van der Waals surface area contributed by atoms with E-state index in [1.54, 1.807) is 0 Å². The van der Waals surface area contributed by atoms with Gasteiger partial charge in [0.25, 0.3) is 0 Å². The maximum atomic E-state index is 13.6. The standard InChI is InChI=1S/C6H2F16P2/c7-1(8,9)2(10,23)24(3(11,12)13,4(14,15)16,5(17,18)19)6(20,21)22/h23H2. The summed E-state index contributed by atoms with van der Waals surface area (Å²) in [6.45, 7) is -12.4. The zero-order chi connectivity index (χ0) is 20.4. The molecule has 2 unspecified atom stereocenters. The SMILES string of the molecule is FC(F)(F)C(F)(P)P(C(F)(F)F)(C(F)(F)F)(C(F)(F)F)C(F)(F)F. The third-order valence-electron chi connectivity index (χ3n) is 3.08. The molecule has 0 aromatic rings. The molecule has 2 atom stereocenters. The van der Waals surface area contributed by atoms with Crippen LogP contribution in [-0.2, 0) is 0 Å². The second-order valence-corrected chi connectivity index (χ2v) is 10.4. The number of hydrogen-bond donors (Lipinski definition) is 0. The van der Waals surface area contributed by atoms with E-state index in [-0.39, 0.29) is 0 Å². The molecular formula is C6H2F16P2. The van der Waals surface area contributed by atoms with E-state index in [2.05, 4.69) is 0 Å². The zero-order valence-corrected chi connectivity index (χ0v) is 12.1. The van der Waals surface area contributed by atoms with Gasteiger partial charge in [0.2, 0.25) is 0 Å². The van der Waals surface area contributed by atoms with Crippen LogP contribution in [0.25, 0.3) is 0 Å². The van der Waals surface area contributed by atoms with E-state index in [0.717, 1.165) is 0 Å². The molecule has 0 N–H and O–H groups in total. The number of rotatable bonds is 1. The summed E-state index contributed by atoms with van der Waals surface area (Å²) in [5.74, 6) is -35.0. The fraction of sp³-hybridized carbons (Fsp3) is 1.00. The van der Waals surface area contributed by atoms with Crippen LogP contribution in [0.15, 0.2) is 0 Å². The average Bonchev–Trinajstić information content (AvgIpc) is 2.03. The predicted molar refractivity (Wildman–Crippen MR) is 50.7 cm³/mol. The van der Waals surface area contributed by atoms with Crippen molar-refractivity contribution in [3.63, 3.8) is 0 Å². The molecular weight excluding hydrogens is 438 g/mol. The second kappa shape index (κ2) is 5.14. The van der Waals surface area contributed by atoms with Crippen molar-refractivity contribution >= 4 is 15.8 Å². The zero-order valence-electron chi connectivity index (χ0n) is 10.1. The first-order valence-corrected chi connectivity index (χ1v) is 7.49. The summed E-state index contributed by atoms with van der Waals surface area (Å²) in [5.41, 5.74) is 0. The van der Waals surface area contributed by atoms with Crippen LogP contribution in [0.2, 0.25) is 0 Å². The summed E-state index contributed by atoms with van der Waals surface area (Å²) in [5, 5.41) is -7.87. The molecule has 148 valence electrons. The van der Waals surface area contributed by atoms with Gasteiger partial charge in [0.1, 0.15) is 0 Å². The molecule has 0 fully saturated rings. The summed E-state index contributed by atoms with van der Waals surface area (Å²) in [6.07, 6.45) is -7.86. The average molecular weight is 440 g/mol. The van der Waals surface area contributed by atoms with Crippen molar-refractivity contribution in [2.45, 2.75) is 35.0 Å². The predicted octanol–water partition coefficient (Wildman–Crippen LogP) is 6.68. The van der Waals surface area contributed by atoms with Gasteiger partial charge in [0.15, 0.2) is 0 Å². The molecule has 0 saturated heterocycles. The van der Waals surface area contributed by atoms with Gasteiger partial charge in [-0.05, 0) is 0 Å². The summed E-state index contributed by atoms with van der Waals surface area (Å²) in [4.78, 5) is 0. The first-order chi connectivity index (χ1) is 9.87. The van der Waals surface area contributed by atoms with E-state index in [9.17, 15) is 70.2 Å². The van der Waals surface area contributed by atoms with Gasteiger partial charge in [-0.25, -0.2) is 0 Å². The Hall–Kier alpha value is -0.260. The first-order valence-electron chi connectivity index (χ1n) is 4.68. The third kappa shape index (κ3) is 1.98. The summed E-state index contributed by atoms with van der Waals surface area (Å²) >= 11 is 0. The van der Waals surface area contributed by atoms with E-state index in [0.29, 0.717) is 0 Å². The van der Waals surface area contributed by atoms with Gasteiger partial charge in [0, 0.05) is 0 Å². The minimum atomic E-state index is -12.4. The van der Waals surface area contributed by atoms with Crippen LogP contribution in [-0.4, -0.2) is 35.0 Å². The molecule has 0 spiro atoms. The van der Waals surface area contributed by atoms with E-state index >= 15 is 0 Å². The maximum absolute atomic E-state index is 13.6. The Balaban J connectivity index is 8.15. The molecule has 0 saturated carbocycles. The van der Waals surface area contributed by atoms with Gasteiger partial charge in [0.05, 0.1) is 0 Å². The molecule has 0 aromatic heterocycles. The van der Waals surface area contributed by atoms with Crippen LogP contribution in [0.4, 0.5) is 70.2 Å². The van der Waals surface area contributed by atoms with Crippen LogP contribution >= 0.6 is 15.8 Å². The second-order valence-electron chi connectivity index (χ2n) is 4.16. The number of hydrogen-bond acceptors (Lipinski definition) is 0. The van der Waals surface area contributed by atoms with Crippen molar-refractivity contribution in [1.29, 1.82) is 0 Å². The van der Waals surface area contributed by atoms with Crippen molar-refractivity contribution in [3.8, 4) is 0 Å². The van der Waals surface area contributed by atoms with Crippen LogP contribution < -0.4 is 0 Å². The number of alkyl halides is 16. The van der Waals surface area contributed by atoms with E-state index in [4.69, 9.17) is 0 Å². The van der Waals surface area contributed by atoms with Crippen molar-refractivity contribution in [2.24, 2.45) is 0 Å². The Morgan fingerprint density at radius 2 is 0.583 bits per heavy atom. The van der Waals surface area contributed by atoms with E-state index in [1.165, 1.54) is 0 Å². The van der Waals surface area contributed by atoms with Gasteiger partial charge in [-0.15, -0.1) is 0 Å². The normalized spacial score (nSPS) is 20.3. The Bertz CT molecular complexity index is 414. The summed E-state index contributed by atoms with van der Waals surface area (Å²) in [7, 11) is -1.23. The van der Waals surface area contributed by atoms with Gasteiger partial charge in [-0.2, -0.15) is 0 Å². The molecule has 0 aliphatic rings. The van der Waals surface area contributed by atoms with Crippen LogP contribution in [0.3, 0.4) is 0 Å². The molecule has 0 radical (unpaired) electrons. The fourth-order valence-electron chi connectivity index (χ4n) is 1.85. The minimum absolute atomic E-state index is 1.23. The van der Waals surface area contributed by atoms with Crippen molar-refractivity contribution in [1.82, 2.24) is 0 Å². The molecule has 0 aliphatic heterocycles. The van der Waals surface area contributed by atoms with Gasteiger partial charge < -0.3 is 0 Å². The van der Waals surface area contributed by atoms with E-state index < -0.39 is 50.8 Å². The molecule has 18 heteroatoms. The Labute approximate surface area is 122 Å². The van der Waals surface area contributed by atoms with E-state index in [1.807, 2.05) is 0 Å². The van der Waals surface area contributed by atoms with Crippen LogP contribution in [0.1, 0.15) is 0 Å². The quantitative estimate of drug-likeness (QED) is 0.316. The first kappa shape index (κ1) is 23.7. The van der Waals surface area contributed by atoms with Crippen molar-refractivity contribution < 1.29 is 70.2 Å². The molecule has 0 bridgehead atoms. The molecule has 0 amide bonds. The van der Waals surface area contributed by atoms with Gasteiger partial charge in [-0.3, -0.25) is 0 Å². The Kier molecular flexibility index (Phi) is 5.08. The van der Waals surface area contributed by atoms with Crippen molar-refractivity contribution in [2.75, 3.05) is 0 Å². The Morgan fingerprint density at radius 1 is 0.417 bits per heavy atom. The summed E-state index contributed by atoms with van der Waals surface area (Å²) in [6, 6.07) is 0. The molecule has 0 aliphatic carbocycles. The molecule has 0 rings (SSSR count). The number of halogens is 16. The topological polar surface area (TPSA) is 0 Å². The van der Waals surface area contributed by atoms with Crippen molar-refractivity contribution in [3.05, 3.63) is 0 Å². The van der Waals surface area contributed by atoms with Gasteiger partial charge in [-0.1, -0.05) is 0 Å². The summed E-state index contributed by atoms with van der Waals surface area (Å²) < 4.78 is 203. The van der Waals surface area contributed by atoms with Gasteiger partial charge >= 0.3 is 121 Å². The van der Waals surface area contributed by atoms with Crippen LogP contribution in [0.5, 0.6) is 0 Å². The monoisotopic (exact) mass is 440 g/mol. The third-order valence-corrected chi connectivity index (χ3v) is 10.6. The Morgan fingerprint density at radius 3 is 0.625 bits per heavy atom. The molecule has 0 heterocycles. The fourth-order valence-corrected chi connectivity index (χ4v) is 7.32.